The van der Waals surface area contributed by atoms with Gasteiger partial charge in [0.2, 0.25) is 0 Å². The summed E-state index contributed by atoms with van der Waals surface area (Å²) in [6.45, 7) is 1.02. The van der Waals surface area contributed by atoms with E-state index in [9.17, 15) is 0 Å². The molecule has 1 saturated carbocycles. The molecule has 2 rings (SSSR count). The second-order valence-electron chi connectivity index (χ2n) is 3.65. The lowest BCUT2D eigenvalue weighted by Gasteiger charge is -2.12. The van der Waals surface area contributed by atoms with Crippen LogP contribution in [-0.2, 0) is 0 Å². The molecule has 1 aliphatic carbocycles. The summed E-state index contributed by atoms with van der Waals surface area (Å²) in [4.78, 5) is 4.45. The van der Waals surface area contributed by atoms with Crippen molar-refractivity contribution in [1.29, 1.82) is 0 Å². The van der Waals surface area contributed by atoms with E-state index in [4.69, 9.17) is 0 Å². The Kier molecular flexibility index (Phi) is 2.28. The molecule has 1 fully saturated rings. The molecule has 0 aromatic rings. The van der Waals surface area contributed by atoms with Gasteiger partial charge >= 0.3 is 0 Å². The van der Waals surface area contributed by atoms with E-state index in [0.717, 1.165) is 22.9 Å². The number of hydrazine groups is 1. The number of thioether (sulfide) groups is 1. The highest BCUT2D eigenvalue weighted by Crippen LogP contribution is 2.41. The molecule has 0 amide bonds. The van der Waals surface area contributed by atoms with Crippen molar-refractivity contribution in [2.75, 3.05) is 20.6 Å². The maximum atomic E-state index is 4.45. The first-order chi connectivity index (χ1) is 5.75. The first kappa shape index (κ1) is 8.38. The van der Waals surface area contributed by atoms with Crippen molar-refractivity contribution >= 4 is 16.9 Å². The van der Waals surface area contributed by atoms with Crippen molar-refractivity contribution in [3.05, 3.63) is 0 Å². The molecule has 1 atom stereocenters. The molecule has 1 N–H and O–H groups in total. The molecule has 1 heterocycles. The molecule has 0 aromatic heterocycles. The van der Waals surface area contributed by atoms with Gasteiger partial charge in [-0.25, -0.2) is 5.01 Å². The molecule has 0 radical (unpaired) electrons. The van der Waals surface area contributed by atoms with Crippen molar-refractivity contribution in [2.45, 2.75) is 18.1 Å². The van der Waals surface area contributed by atoms with Gasteiger partial charge in [-0.2, -0.15) is 0 Å². The zero-order chi connectivity index (χ0) is 8.55. The van der Waals surface area contributed by atoms with Gasteiger partial charge in [0.05, 0.1) is 6.54 Å². The molecule has 0 spiro atoms. The van der Waals surface area contributed by atoms with E-state index in [2.05, 4.69) is 10.4 Å². The highest BCUT2D eigenvalue weighted by Gasteiger charge is 2.35. The van der Waals surface area contributed by atoms with Crippen molar-refractivity contribution in [3.63, 3.8) is 0 Å². The fraction of sp³-hybridized carbons (Fsp3) is 0.875. The van der Waals surface area contributed by atoms with Gasteiger partial charge in [0.15, 0.2) is 5.17 Å². The standard InChI is InChI=1S/C8H15N3S/c1-11(2)10-8-9-5-7(12-8)6-3-4-6/h6-7H,3-5H2,1-2H3,(H,9,10). The van der Waals surface area contributed by atoms with E-state index in [0.29, 0.717) is 0 Å². The van der Waals surface area contributed by atoms with Crippen LogP contribution < -0.4 is 5.43 Å². The van der Waals surface area contributed by atoms with E-state index in [1.807, 2.05) is 30.9 Å². The fourth-order valence-electron chi connectivity index (χ4n) is 1.36. The lowest BCUT2D eigenvalue weighted by molar-refractivity contribution is 0.366. The van der Waals surface area contributed by atoms with Crippen LogP contribution in [0.2, 0.25) is 0 Å². The van der Waals surface area contributed by atoms with Gasteiger partial charge in [0.1, 0.15) is 0 Å². The number of hydrogen-bond donors (Lipinski definition) is 1. The Balaban J connectivity index is 1.79. The largest absolute Gasteiger partial charge is 0.298 e. The number of rotatable bonds is 2. The molecule has 12 heavy (non-hydrogen) atoms. The Morgan fingerprint density at radius 3 is 2.83 bits per heavy atom. The van der Waals surface area contributed by atoms with Crippen molar-refractivity contribution < 1.29 is 0 Å². The Morgan fingerprint density at radius 1 is 1.50 bits per heavy atom. The SMILES string of the molecule is CN(C)NC1=NCC(C2CC2)S1. The minimum atomic E-state index is 0.771. The van der Waals surface area contributed by atoms with Crippen LogP contribution in [0.4, 0.5) is 0 Å². The van der Waals surface area contributed by atoms with Gasteiger partial charge in [-0.15, -0.1) is 0 Å². The summed E-state index contributed by atoms with van der Waals surface area (Å²) in [5, 5.41) is 3.81. The zero-order valence-electron chi connectivity index (χ0n) is 7.58. The summed E-state index contributed by atoms with van der Waals surface area (Å²) in [7, 11) is 3.99. The number of amidine groups is 1. The molecule has 0 bridgehead atoms. The van der Waals surface area contributed by atoms with Crippen molar-refractivity contribution in [1.82, 2.24) is 10.4 Å². The van der Waals surface area contributed by atoms with E-state index in [1.165, 1.54) is 12.8 Å². The van der Waals surface area contributed by atoms with Crippen LogP contribution in [0.25, 0.3) is 0 Å². The first-order valence-electron chi connectivity index (χ1n) is 4.41. The number of nitrogens with zero attached hydrogens (tertiary/aromatic N) is 2. The first-order valence-corrected chi connectivity index (χ1v) is 5.29. The van der Waals surface area contributed by atoms with Crippen LogP contribution in [0, 0.1) is 5.92 Å². The average Bonchev–Trinajstić information content (AvgIpc) is 2.73. The molecule has 2 aliphatic rings. The van der Waals surface area contributed by atoms with Crippen molar-refractivity contribution in [2.24, 2.45) is 10.9 Å². The van der Waals surface area contributed by atoms with E-state index < -0.39 is 0 Å². The second kappa shape index (κ2) is 3.26. The van der Waals surface area contributed by atoms with Gasteiger partial charge in [-0.1, -0.05) is 11.8 Å². The third-order valence-electron chi connectivity index (χ3n) is 2.14. The van der Waals surface area contributed by atoms with Crippen LogP contribution in [0.5, 0.6) is 0 Å². The molecule has 68 valence electrons. The predicted octanol–water partition coefficient (Wildman–Crippen LogP) is 0.934. The molecular weight excluding hydrogens is 170 g/mol. The average molecular weight is 185 g/mol. The molecule has 0 saturated heterocycles. The highest BCUT2D eigenvalue weighted by atomic mass is 32.2. The quantitative estimate of drug-likeness (QED) is 0.649. The van der Waals surface area contributed by atoms with E-state index >= 15 is 0 Å². The number of hydrogen-bond acceptors (Lipinski definition) is 4. The summed E-state index contributed by atoms with van der Waals surface area (Å²) in [6, 6.07) is 0. The smallest absolute Gasteiger partial charge is 0.171 e. The topological polar surface area (TPSA) is 27.6 Å². The minimum absolute atomic E-state index is 0.771. The lowest BCUT2D eigenvalue weighted by atomic mass is 10.3. The van der Waals surface area contributed by atoms with Gasteiger partial charge in [-0.3, -0.25) is 10.4 Å². The summed E-state index contributed by atoms with van der Waals surface area (Å²) in [6.07, 6.45) is 2.84. The minimum Gasteiger partial charge on any atom is -0.298 e. The number of aliphatic imine (C=N–C) groups is 1. The van der Waals surface area contributed by atoms with Crippen LogP contribution in [0.3, 0.4) is 0 Å². The van der Waals surface area contributed by atoms with E-state index in [-0.39, 0.29) is 0 Å². The Bertz CT molecular complexity index is 198. The maximum Gasteiger partial charge on any atom is 0.171 e. The Morgan fingerprint density at radius 2 is 2.25 bits per heavy atom. The van der Waals surface area contributed by atoms with Gasteiger partial charge in [-0.05, 0) is 18.8 Å². The van der Waals surface area contributed by atoms with Gasteiger partial charge in [0.25, 0.3) is 0 Å². The third-order valence-corrected chi connectivity index (χ3v) is 3.43. The number of nitrogens with one attached hydrogen (secondary N) is 1. The predicted molar refractivity (Wildman–Crippen MR) is 53.2 cm³/mol. The molecule has 3 nitrogen and oxygen atoms in total. The lowest BCUT2D eigenvalue weighted by Crippen LogP contribution is -2.33. The molecule has 4 heteroatoms. The second-order valence-corrected chi connectivity index (χ2v) is 4.87. The Labute approximate surface area is 77.6 Å². The van der Waals surface area contributed by atoms with Crippen LogP contribution >= 0.6 is 11.8 Å². The Hall–Kier alpha value is -0.220. The fourth-order valence-corrected chi connectivity index (χ4v) is 2.64. The highest BCUT2D eigenvalue weighted by molar-refractivity contribution is 8.14. The molecule has 1 aliphatic heterocycles. The van der Waals surface area contributed by atoms with Crippen LogP contribution in [0.1, 0.15) is 12.8 Å². The normalized spacial score (nSPS) is 29.2. The van der Waals surface area contributed by atoms with Gasteiger partial charge in [0, 0.05) is 19.3 Å². The molecule has 0 aromatic carbocycles. The van der Waals surface area contributed by atoms with Crippen LogP contribution in [-0.4, -0.2) is 36.1 Å². The van der Waals surface area contributed by atoms with E-state index in [1.54, 1.807) is 0 Å². The summed E-state index contributed by atoms with van der Waals surface area (Å²) < 4.78 is 0. The summed E-state index contributed by atoms with van der Waals surface area (Å²) in [5.74, 6) is 0.959. The zero-order valence-corrected chi connectivity index (χ0v) is 8.40. The molecular formula is C8H15N3S. The molecule has 1 unspecified atom stereocenters. The summed E-state index contributed by atoms with van der Waals surface area (Å²) in [5.41, 5.74) is 3.20. The maximum absolute atomic E-state index is 4.45. The van der Waals surface area contributed by atoms with Gasteiger partial charge < -0.3 is 0 Å². The monoisotopic (exact) mass is 185 g/mol. The summed E-state index contributed by atoms with van der Waals surface area (Å²) >= 11 is 1.91. The van der Waals surface area contributed by atoms with Crippen LogP contribution in [0.15, 0.2) is 4.99 Å². The third kappa shape index (κ3) is 1.93. The van der Waals surface area contributed by atoms with Crippen molar-refractivity contribution in [3.8, 4) is 0 Å².